The third kappa shape index (κ3) is 3.65. The average molecular weight is 307 g/mol. The van der Waals surface area contributed by atoms with Crippen molar-refractivity contribution < 1.29 is 13.5 Å². The summed E-state index contributed by atoms with van der Waals surface area (Å²) in [7, 11) is -1.85. The topological polar surface area (TPSA) is 57.6 Å². The fraction of sp³-hybridized carbons (Fsp3) is 0.500. The minimum absolute atomic E-state index is 0.239. The smallest absolute Gasteiger partial charge is 0.243 e. The number of nitrogens with zero attached hydrogens (tertiary/aromatic N) is 1. The lowest BCUT2D eigenvalue weighted by Crippen LogP contribution is -2.34. The van der Waals surface area contributed by atoms with Gasteiger partial charge in [0.05, 0.1) is 4.90 Å². The second kappa shape index (κ2) is 6.61. The first-order valence-corrected chi connectivity index (χ1v) is 8.56. The van der Waals surface area contributed by atoms with Gasteiger partial charge in [0.2, 0.25) is 10.0 Å². The molecule has 21 heavy (non-hydrogen) atoms. The van der Waals surface area contributed by atoms with Crippen molar-refractivity contribution in [2.75, 3.05) is 20.2 Å². The molecule has 1 fully saturated rings. The van der Waals surface area contributed by atoms with E-state index in [1.807, 2.05) is 0 Å². The largest absolute Gasteiger partial charge is 0.384 e. The fourth-order valence-corrected chi connectivity index (χ4v) is 3.90. The Kier molecular flexibility index (Phi) is 5.04. The standard InChI is InChI=1S/C16H21NO3S/c1-13-8-9-14(7-4-10-18)11-16(13)21(19,20)17(2)12-15-5-3-6-15/h8-9,11,15,18H,3,5-6,10,12H2,1-2H3. The predicted molar refractivity (Wildman–Crippen MR) is 82.3 cm³/mol. The minimum Gasteiger partial charge on any atom is -0.384 e. The number of aliphatic hydroxyl groups is 1. The molecule has 0 aliphatic heterocycles. The first-order chi connectivity index (χ1) is 9.95. The van der Waals surface area contributed by atoms with Crippen molar-refractivity contribution in [3.8, 4) is 11.8 Å². The van der Waals surface area contributed by atoms with E-state index < -0.39 is 10.0 Å². The van der Waals surface area contributed by atoms with E-state index in [0.29, 0.717) is 28.5 Å². The lowest BCUT2D eigenvalue weighted by Gasteiger charge is -2.30. The van der Waals surface area contributed by atoms with Crippen LogP contribution < -0.4 is 0 Å². The molecule has 1 saturated carbocycles. The SMILES string of the molecule is Cc1ccc(C#CCO)cc1S(=O)(=O)N(C)CC1CCC1. The molecule has 0 amide bonds. The van der Waals surface area contributed by atoms with Crippen LogP contribution in [0.4, 0.5) is 0 Å². The van der Waals surface area contributed by atoms with Crippen LogP contribution in [0.25, 0.3) is 0 Å². The highest BCUT2D eigenvalue weighted by molar-refractivity contribution is 7.89. The van der Waals surface area contributed by atoms with Gasteiger partial charge in [0, 0.05) is 19.2 Å². The van der Waals surface area contributed by atoms with Crippen molar-refractivity contribution in [3.05, 3.63) is 29.3 Å². The molecular weight excluding hydrogens is 286 g/mol. The molecule has 1 aromatic rings. The van der Waals surface area contributed by atoms with E-state index in [2.05, 4.69) is 11.8 Å². The van der Waals surface area contributed by atoms with Gasteiger partial charge in [-0.2, -0.15) is 0 Å². The van der Waals surface area contributed by atoms with E-state index in [1.165, 1.54) is 10.7 Å². The Labute approximate surface area is 126 Å². The van der Waals surface area contributed by atoms with Crippen LogP contribution in [0.5, 0.6) is 0 Å². The second-order valence-electron chi connectivity index (χ2n) is 5.52. The summed E-state index contributed by atoms with van der Waals surface area (Å²) in [6, 6.07) is 5.11. The maximum atomic E-state index is 12.7. The Morgan fingerprint density at radius 1 is 1.38 bits per heavy atom. The maximum Gasteiger partial charge on any atom is 0.243 e. The maximum absolute atomic E-state index is 12.7. The first-order valence-electron chi connectivity index (χ1n) is 7.12. The molecular formula is C16H21NO3S. The number of sulfonamides is 1. The van der Waals surface area contributed by atoms with Crippen LogP contribution in [0.2, 0.25) is 0 Å². The van der Waals surface area contributed by atoms with E-state index in [0.717, 1.165) is 12.8 Å². The highest BCUT2D eigenvalue weighted by Crippen LogP contribution is 2.29. The molecule has 0 aromatic heterocycles. The minimum atomic E-state index is -3.49. The average Bonchev–Trinajstić information content (AvgIpc) is 2.41. The van der Waals surface area contributed by atoms with Crippen LogP contribution in [-0.4, -0.2) is 38.0 Å². The number of benzene rings is 1. The summed E-state index contributed by atoms with van der Waals surface area (Å²) < 4.78 is 26.8. The summed E-state index contributed by atoms with van der Waals surface area (Å²) in [5.74, 6) is 5.78. The second-order valence-corrected chi connectivity index (χ2v) is 7.54. The Morgan fingerprint density at radius 3 is 2.67 bits per heavy atom. The number of hydrogen-bond acceptors (Lipinski definition) is 3. The monoisotopic (exact) mass is 307 g/mol. The molecule has 0 atom stereocenters. The molecule has 4 nitrogen and oxygen atoms in total. The van der Waals surface area contributed by atoms with Gasteiger partial charge in [-0.05, 0) is 43.4 Å². The highest BCUT2D eigenvalue weighted by atomic mass is 32.2. The van der Waals surface area contributed by atoms with Crippen LogP contribution in [0.3, 0.4) is 0 Å². The molecule has 1 N–H and O–H groups in total. The molecule has 0 unspecified atom stereocenters. The van der Waals surface area contributed by atoms with Gasteiger partial charge >= 0.3 is 0 Å². The fourth-order valence-electron chi connectivity index (χ4n) is 2.40. The van der Waals surface area contributed by atoms with Gasteiger partial charge in [0.25, 0.3) is 0 Å². The molecule has 114 valence electrons. The van der Waals surface area contributed by atoms with Gasteiger partial charge in [-0.15, -0.1) is 0 Å². The van der Waals surface area contributed by atoms with Crippen molar-refractivity contribution in [2.24, 2.45) is 5.92 Å². The summed E-state index contributed by atoms with van der Waals surface area (Å²) in [5, 5.41) is 8.73. The molecule has 0 saturated heterocycles. The molecule has 1 aliphatic carbocycles. The summed E-state index contributed by atoms with van der Waals surface area (Å²) in [5.41, 5.74) is 1.32. The number of hydrogen-bond donors (Lipinski definition) is 1. The van der Waals surface area contributed by atoms with Crippen LogP contribution in [-0.2, 0) is 10.0 Å². The van der Waals surface area contributed by atoms with E-state index in [4.69, 9.17) is 5.11 Å². The van der Waals surface area contributed by atoms with E-state index in [9.17, 15) is 8.42 Å². The lowest BCUT2D eigenvalue weighted by atomic mass is 9.86. The highest BCUT2D eigenvalue weighted by Gasteiger charge is 2.27. The van der Waals surface area contributed by atoms with E-state index >= 15 is 0 Å². The Balaban J connectivity index is 2.29. The molecule has 1 aliphatic rings. The Morgan fingerprint density at radius 2 is 2.10 bits per heavy atom. The molecule has 0 spiro atoms. The lowest BCUT2D eigenvalue weighted by molar-refractivity contribution is 0.263. The third-order valence-corrected chi connectivity index (χ3v) is 5.89. The van der Waals surface area contributed by atoms with Crippen molar-refractivity contribution in [3.63, 3.8) is 0 Å². The molecule has 0 radical (unpaired) electrons. The molecule has 0 bridgehead atoms. The summed E-state index contributed by atoms with van der Waals surface area (Å²) in [6.07, 6.45) is 3.42. The van der Waals surface area contributed by atoms with E-state index in [-0.39, 0.29) is 6.61 Å². The zero-order valence-electron chi connectivity index (χ0n) is 12.5. The molecule has 0 heterocycles. The zero-order chi connectivity index (χ0) is 15.5. The predicted octanol–water partition coefficient (Wildman–Crippen LogP) is 1.76. The Bertz CT molecular complexity index is 666. The van der Waals surface area contributed by atoms with Gasteiger partial charge in [-0.3, -0.25) is 0 Å². The van der Waals surface area contributed by atoms with Crippen LogP contribution in [0, 0.1) is 24.7 Å². The summed E-state index contributed by atoms with van der Waals surface area (Å²) in [4.78, 5) is 0.300. The number of rotatable bonds is 4. The van der Waals surface area contributed by atoms with Gasteiger partial charge < -0.3 is 5.11 Å². The van der Waals surface area contributed by atoms with Gasteiger partial charge in [0.1, 0.15) is 6.61 Å². The molecule has 1 aromatic carbocycles. The van der Waals surface area contributed by atoms with Gasteiger partial charge in [-0.25, -0.2) is 12.7 Å². The van der Waals surface area contributed by atoms with Gasteiger partial charge in [-0.1, -0.05) is 24.3 Å². The van der Waals surface area contributed by atoms with E-state index in [1.54, 1.807) is 32.2 Å². The van der Waals surface area contributed by atoms with Gasteiger partial charge in [0.15, 0.2) is 0 Å². The first kappa shape index (κ1) is 16.0. The van der Waals surface area contributed by atoms with Crippen LogP contribution in [0.15, 0.2) is 23.1 Å². The number of aliphatic hydroxyl groups excluding tert-OH is 1. The quantitative estimate of drug-likeness (QED) is 0.862. The normalized spacial score (nSPS) is 15.4. The third-order valence-electron chi connectivity index (χ3n) is 3.93. The summed E-state index contributed by atoms with van der Waals surface area (Å²) in [6.45, 7) is 2.12. The summed E-state index contributed by atoms with van der Waals surface area (Å²) >= 11 is 0. The van der Waals surface area contributed by atoms with Crippen molar-refractivity contribution in [2.45, 2.75) is 31.1 Å². The molecule has 2 rings (SSSR count). The Hall–Kier alpha value is -1.35. The molecule has 5 heteroatoms. The zero-order valence-corrected chi connectivity index (χ0v) is 13.3. The van der Waals surface area contributed by atoms with Crippen molar-refractivity contribution in [1.29, 1.82) is 0 Å². The van der Waals surface area contributed by atoms with Crippen molar-refractivity contribution in [1.82, 2.24) is 4.31 Å². The number of aryl methyl sites for hydroxylation is 1. The van der Waals surface area contributed by atoms with Crippen LogP contribution >= 0.6 is 0 Å². The van der Waals surface area contributed by atoms with Crippen molar-refractivity contribution >= 4 is 10.0 Å². The van der Waals surface area contributed by atoms with Crippen LogP contribution in [0.1, 0.15) is 30.4 Å².